The third kappa shape index (κ3) is 3.83. The van der Waals surface area contributed by atoms with Crippen LogP contribution in [0.2, 0.25) is 0 Å². The number of rotatable bonds is 7. The molecular formula is C20H20N2O4S. The molecule has 1 heterocycles. The maximum atomic E-state index is 12.7. The van der Waals surface area contributed by atoms with E-state index in [-0.39, 0.29) is 17.1 Å². The van der Waals surface area contributed by atoms with E-state index in [1.807, 2.05) is 19.1 Å². The number of hydrogen-bond donors (Lipinski definition) is 0. The number of ketones is 1. The van der Waals surface area contributed by atoms with Crippen molar-refractivity contribution in [3.63, 3.8) is 0 Å². The molecular weight excluding hydrogens is 364 g/mol. The highest BCUT2D eigenvalue weighted by atomic mass is 32.2. The van der Waals surface area contributed by atoms with Crippen LogP contribution in [0.5, 0.6) is 11.5 Å². The van der Waals surface area contributed by atoms with Crippen molar-refractivity contribution in [2.75, 3.05) is 20.0 Å². The van der Waals surface area contributed by atoms with Gasteiger partial charge in [0.15, 0.2) is 10.9 Å². The summed E-state index contributed by atoms with van der Waals surface area (Å²) in [6.45, 7) is 2.37. The van der Waals surface area contributed by atoms with Crippen LogP contribution < -0.4 is 15.0 Å². The molecule has 0 atom stereocenters. The van der Waals surface area contributed by atoms with Crippen molar-refractivity contribution in [3.8, 4) is 11.5 Å². The summed E-state index contributed by atoms with van der Waals surface area (Å²) in [7, 11) is 3.07. The number of thioether (sulfide) groups is 1. The van der Waals surface area contributed by atoms with Crippen LogP contribution in [-0.4, -0.2) is 35.3 Å². The first kappa shape index (κ1) is 19.0. The van der Waals surface area contributed by atoms with Gasteiger partial charge in [-0.3, -0.25) is 14.2 Å². The second kappa shape index (κ2) is 8.26. The van der Waals surface area contributed by atoms with E-state index in [1.54, 1.807) is 42.0 Å². The highest BCUT2D eigenvalue weighted by Gasteiger charge is 2.16. The van der Waals surface area contributed by atoms with Crippen LogP contribution >= 0.6 is 11.8 Å². The van der Waals surface area contributed by atoms with E-state index in [1.165, 1.54) is 18.9 Å². The molecule has 0 saturated carbocycles. The first-order valence-electron chi connectivity index (χ1n) is 8.46. The molecule has 0 N–H and O–H groups in total. The van der Waals surface area contributed by atoms with Crippen LogP contribution in [0.15, 0.2) is 52.4 Å². The number of carbonyl (C=O) groups excluding carboxylic acids is 1. The third-order valence-corrected chi connectivity index (χ3v) is 5.16. The number of methoxy groups -OCH3 is 2. The minimum Gasteiger partial charge on any atom is -0.497 e. The SMILES string of the molecule is CCn1c(SCC(=O)c2ccc(OC)cc2OC)nc2ccccc2c1=O. The minimum absolute atomic E-state index is 0.0972. The highest BCUT2D eigenvalue weighted by molar-refractivity contribution is 7.99. The number of para-hydroxylation sites is 1. The molecule has 0 saturated heterocycles. The Hall–Kier alpha value is -2.80. The molecule has 3 aromatic rings. The number of aromatic nitrogens is 2. The van der Waals surface area contributed by atoms with Gasteiger partial charge in [-0.15, -0.1) is 0 Å². The van der Waals surface area contributed by atoms with Crippen LogP contribution in [0.3, 0.4) is 0 Å². The lowest BCUT2D eigenvalue weighted by atomic mass is 10.1. The fraction of sp³-hybridized carbons (Fsp3) is 0.250. The third-order valence-electron chi connectivity index (χ3n) is 4.18. The van der Waals surface area contributed by atoms with Gasteiger partial charge >= 0.3 is 0 Å². The second-order valence-corrected chi connectivity index (χ2v) is 6.68. The Morgan fingerprint density at radius 3 is 2.63 bits per heavy atom. The van der Waals surface area contributed by atoms with Crippen LogP contribution in [0.4, 0.5) is 0 Å². The summed E-state index contributed by atoms with van der Waals surface area (Å²) in [5.74, 6) is 1.11. The largest absolute Gasteiger partial charge is 0.497 e. The number of nitrogens with zero attached hydrogens (tertiary/aromatic N) is 2. The molecule has 0 radical (unpaired) electrons. The van der Waals surface area contributed by atoms with Crippen molar-refractivity contribution in [1.29, 1.82) is 0 Å². The molecule has 0 fully saturated rings. The molecule has 0 bridgehead atoms. The maximum Gasteiger partial charge on any atom is 0.262 e. The van der Waals surface area contributed by atoms with Gasteiger partial charge in [-0.05, 0) is 31.2 Å². The Kier molecular flexibility index (Phi) is 5.81. The molecule has 0 aliphatic heterocycles. The number of carbonyl (C=O) groups is 1. The number of benzene rings is 2. The molecule has 2 aromatic carbocycles. The topological polar surface area (TPSA) is 70.4 Å². The van der Waals surface area contributed by atoms with Crippen molar-refractivity contribution in [2.45, 2.75) is 18.6 Å². The highest BCUT2D eigenvalue weighted by Crippen LogP contribution is 2.27. The Morgan fingerprint density at radius 2 is 1.93 bits per heavy atom. The van der Waals surface area contributed by atoms with Gasteiger partial charge in [0, 0.05) is 12.6 Å². The van der Waals surface area contributed by atoms with E-state index >= 15 is 0 Å². The van der Waals surface area contributed by atoms with E-state index in [0.717, 1.165) is 0 Å². The quantitative estimate of drug-likeness (QED) is 0.353. The Bertz CT molecular complexity index is 1050. The average molecular weight is 384 g/mol. The summed E-state index contributed by atoms with van der Waals surface area (Å²) in [6.07, 6.45) is 0. The van der Waals surface area contributed by atoms with Gasteiger partial charge in [0.25, 0.3) is 5.56 Å². The predicted octanol–water partition coefficient (Wildman–Crippen LogP) is 3.41. The normalized spacial score (nSPS) is 10.8. The van der Waals surface area contributed by atoms with Gasteiger partial charge in [-0.25, -0.2) is 4.98 Å². The summed E-state index contributed by atoms with van der Waals surface area (Å²) in [6, 6.07) is 12.3. The molecule has 0 amide bonds. The monoisotopic (exact) mass is 384 g/mol. The Labute approximate surface area is 161 Å². The van der Waals surface area contributed by atoms with E-state index < -0.39 is 0 Å². The summed E-state index contributed by atoms with van der Waals surface area (Å²) in [5, 5.41) is 1.11. The Morgan fingerprint density at radius 1 is 1.15 bits per heavy atom. The van der Waals surface area contributed by atoms with Crippen molar-refractivity contribution in [3.05, 3.63) is 58.4 Å². The van der Waals surface area contributed by atoms with E-state index in [0.29, 0.717) is 39.7 Å². The number of Topliss-reactive ketones (excluding diaryl/α,β-unsaturated/α-hetero) is 1. The van der Waals surface area contributed by atoms with Crippen LogP contribution in [-0.2, 0) is 6.54 Å². The summed E-state index contributed by atoms with van der Waals surface area (Å²) in [4.78, 5) is 29.9. The molecule has 0 unspecified atom stereocenters. The van der Waals surface area contributed by atoms with Crippen molar-refractivity contribution < 1.29 is 14.3 Å². The molecule has 0 aliphatic carbocycles. The van der Waals surface area contributed by atoms with Crippen molar-refractivity contribution in [2.24, 2.45) is 0 Å². The molecule has 140 valence electrons. The minimum atomic E-state index is -0.107. The van der Waals surface area contributed by atoms with Gasteiger partial charge in [-0.1, -0.05) is 23.9 Å². The Balaban J connectivity index is 1.89. The summed E-state index contributed by atoms with van der Waals surface area (Å²) in [5.41, 5.74) is 1.00. The summed E-state index contributed by atoms with van der Waals surface area (Å²) >= 11 is 1.25. The van der Waals surface area contributed by atoms with Crippen LogP contribution in [0.25, 0.3) is 10.9 Å². The lowest BCUT2D eigenvalue weighted by Crippen LogP contribution is -2.22. The van der Waals surface area contributed by atoms with Gasteiger partial charge in [-0.2, -0.15) is 0 Å². The van der Waals surface area contributed by atoms with Crippen LogP contribution in [0, 0.1) is 0 Å². The molecule has 3 rings (SSSR count). The van der Waals surface area contributed by atoms with Crippen molar-refractivity contribution >= 4 is 28.4 Å². The molecule has 6 nitrogen and oxygen atoms in total. The molecule has 0 aliphatic rings. The number of ether oxygens (including phenoxy) is 2. The van der Waals surface area contributed by atoms with Gasteiger partial charge in [0.05, 0.1) is 36.4 Å². The standard InChI is InChI=1S/C20H20N2O4S/c1-4-22-19(24)14-7-5-6-8-16(14)21-20(22)27-12-17(23)15-10-9-13(25-2)11-18(15)26-3/h5-11H,4,12H2,1-3H3. The predicted molar refractivity (Wildman–Crippen MR) is 106 cm³/mol. The zero-order chi connectivity index (χ0) is 19.4. The molecule has 1 aromatic heterocycles. The zero-order valence-electron chi connectivity index (χ0n) is 15.4. The lowest BCUT2D eigenvalue weighted by Gasteiger charge is -2.12. The molecule has 7 heteroatoms. The number of hydrogen-bond acceptors (Lipinski definition) is 6. The first-order valence-corrected chi connectivity index (χ1v) is 9.45. The summed E-state index contributed by atoms with van der Waals surface area (Å²) < 4.78 is 12.1. The average Bonchev–Trinajstić information content (AvgIpc) is 2.71. The molecule has 0 spiro atoms. The first-order chi connectivity index (χ1) is 13.1. The van der Waals surface area contributed by atoms with Crippen LogP contribution in [0.1, 0.15) is 17.3 Å². The van der Waals surface area contributed by atoms with E-state index in [2.05, 4.69) is 4.98 Å². The molecule has 27 heavy (non-hydrogen) atoms. The fourth-order valence-electron chi connectivity index (χ4n) is 2.77. The smallest absolute Gasteiger partial charge is 0.262 e. The van der Waals surface area contributed by atoms with Gasteiger partial charge in [0.1, 0.15) is 11.5 Å². The second-order valence-electron chi connectivity index (χ2n) is 5.74. The maximum absolute atomic E-state index is 12.7. The van der Waals surface area contributed by atoms with Gasteiger partial charge < -0.3 is 9.47 Å². The zero-order valence-corrected chi connectivity index (χ0v) is 16.2. The van der Waals surface area contributed by atoms with E-state index in [4.69, 9.17) is 9.47 Å². The van der Waals surface area contributed by atoms with Crippen molar-refractivity contribution in [1.82, 2.24) is 9.55 Å². The number of fused-ring (bicyclic) bond motifs is 1. The van der Waals surface area contributed by atoms with Gasteiger partial charge in [0.2, 0.25) is 0 Å². The fourth-order valence-corrected chi connectivity index (χ4v) is 3.72. The lowest BCUT2D eigenvalue weighted by molar-refractivity contribution is 0.101. The van der Waals surface area contributed by atoms with E-state index in [9.17, 15) is 9.59 Å².